The summed E-state index contributed by atoms with van der Waals surface area (Å²) >= 11 is 0. The van der Waals surface area contributed by atoms with Gasteiger partial charge >= 0.3 is 5.97 Å². The van der Waals surface area contributed by atoms with Crippen molar-refractivity contribution in [3.63, 3.8) is 0 Å². The van der Waals surface area contributed by atoms with E-state index in [1.54, 1.807) is 6.07 Å². The highest BCUT2D eigenvalue weighted by molar-refractivity contribution is 7.92. The van der Waals surface area contributed by atoms with Crippen LogP contribution in [0.2, 0.25) is 0 Å². The topological polar surface area (TPSA) is 86.7 Å². The van der Waals surface area contributed by atoms with Crippen LogP contribution in [0, 0.1) is 5.92 Å². The Labute approximate surface area is 124 Å². The standard InChI is InChI=1S/C14H20N2O4S/c1-10-5-7-16(8-6-10)13-4-3-11(14(17)18)9-12(13)15-21(2,19)20/h3-4,9-10,15H,5-8H2,1-2H3,(H,17,18). The molecule has 0 spiro atoms. The maximum absolute atomic E-state index is 11.5. The first kappa shape index (κ1) is 15.6. The van der Waals surface area contributed by atoms with E-state index in [1.165, 1.54) is 12.1 Å². The molecule has 21 heavy (non-hydrogen) atoms. The molecule has 7 heteroatoms. The Morgan fingerprint density at radius 1 is 1.33 bits per heavy atom. The number of benzene rings is 1. The number of aromatic carboxylic acids is 1. The maximum Gasteiger partial charge on any atom is 0.335 e. The highest BCUT2D eigenvalue weighted by Crippen LogP contribution is 2.31. The second-order valence-electron chi connectivity index (χ2n) is 5.58. The zero-order valence-electron chi connectivity index (χ0n) is 12.2. The van der Waals surface area contributed by atoms with Crippen molar-refractivity contribution < 1.29 is 18.3 Å². The van der Waals surface area contributed by atoms with Gasteiger partial charge in [0.2, 0.25) is 10.0 Å². The van der Waals surface area contributed by atoms with Gasteiger partial charge in [-0.2, -0.15) is 0 Å². The Morgan fingerprint density at radius 2 is 1.95 bits per heavy atom. The molecule has 0 aliphatic carbocycles. The number of piperidine rings is 1. The van der Waals surface area contributed by atoms with E-state index in [0.29, 0.717) is 11.6 Å². The van der Waals surface area contributed by atoms with Gasteiger partial charge in [-0.15, -0.1) is 0 Å². The van der Waals surface area contributed by atoms with Gasteiger partial charge in [0, 0.05) is 13.1 Å². The molecule has 1 aromatic carbocycles. The van der Waals surface area contributed by atoms with Gasteiger partial charge in [0.1, 0.15) is 0 Å². The van der Waals surface area contributed by atoms with Crippen LogP contribution in [0.3, 0.4) is 0 Å². The molecule has 0 unspecified atom stereocenters. The van der Waals surface area contributed by atoms with Gasteiger partial charge in [0.25, 0.3) is 0 Å². The number of nitrogens with zero attached hydrogens (tertiary/aromatic N) is 1. The Bertz CT molecular complexity index is 634. The number of hydrogen-bond donors (Lipinski definition) is 2. The summed E-state index contributed by atoms with van der Waals surface area (Å²) < 4.78 is 25.4. The highest BCUT2D eigenvalue weighted by Gasteiger charge is 2.20. The minimum atomic E-state index is -3.46. The van der Waals surface area contributed by atoms with E-state index in [-0.39, 0.29) is 5.56 Å². The van der Waals surface area contributed by atoms with E-state index >= 15 is 0 Å². The maximum atomic E-state index is 11.5. The summed E-state index contributed by atoms with van der Waals surface area (Å²) in [6, 6.07) is 4.55. The van der Waals surface area contributed by atoms with Crippen molar-refractivity contribution in [2.24, 2.45) is 5.92 Å². The SMILES string of the molecule is CC1CCN(c2ccc(C(=O)O)cc2NS(C)(=O)=O)CC1. The number of sulfonamides is 1. The van der Waals surface area contributed by atoms with Crippen molar-refractivity contribution in [1.82, 2.24) is 0 Å². The first-order valence-corrected chi connectivity index (χ1v) is 8.75. The van der Waals surface area contributed by atoms with Gasteiger partial charge < -0.3 is 10.0 Å². The van der Waals surface area contributed by atoms with Crippen molar-refractivity contribution in [3.8, 4) is 0 Å². The molecule has 1 aliphatic rings. The molecule has 2 rings (SSSR count). The minimum Gasteiger partial charge on any atom is -0.478 e. The molecule has 0 atom stereocenters. The number of hydrogen-bond acceptors (Lipinski definition) is 4. The fraction of sp³-hybridized carbons (Fsp3) is 0.500. The third-order valence-electron chi connectivity index (χ3n) is 3.66. The molecular weight excluding hydrogens is 292 g/mol. The van der Waals surface area contributed by atoms with Crippen molar-refractivity contribution in [2.75, 3.05) is 29.0 Å². The predicted octanol–water partition coefficient (Wildman–Crippen LogP) is 1.99. The van der Waals surface area contributed by atoms with Crippen LogP contribution in [-0.4, -0.2) is 38.8 Å². The summed E-state index contributed by atoms with van der Waals surface area (Å²) in [5, 5.41) is 9.05. The zero-order chi connectivity index (χ0) is 15.6. The van der Waals surface area contributed by atoms with E-state index in [4.69, 9.17) is 5.11 Å². The monoisotopic (exact) mass is 312 g/mol. The fourth-order valence-corrected chi connectivity index (χ4v) is 3.04. The van der Waals surface area contributed by atoms with E-state index in [2.05, 4.69) is 16.5 Å². The zero-order valence-corrected chi connectivity index (χ0v) is 13.0. The first-order chi connectivity index (χ1) is 9.76. The van der Waals surface area contributed by atoms with Crippen molar-refractivity contribution >= 4 is 27.4 Å². The second kappa shape index (κ2) is 5.93. The number of rotatable bonds is 4. The van der Waals surface area contributed by atoms with Crippen LogP contribution in [0.1, 0.15) is 30.1 Å². The van der Waals surface area contributed by atoms with E-state index < -0.39 is 16.0 Å². The van der Waals surface area contributed by atoms with Crippen LogP contribution in [0.25, 0.3) is 0 Å². The lowest BCUT2D eigenvalue weighted by molar-refractivity contribution is 0.0697. The smallest absolute Gasteiger partial charge is 0.335 e. The summed E-state index contributed by atoms with van der Waals surface area (Å²) in [6.07, 6.45) is 3.14. The second-order valence-corrected chi connectivity index (χ2v) is 7.33. The summed E-state index contributed by atoms with van der Waals surface area (Å²) in [7, 11) is -3.46. The predicted molar refractivity (Wildman–Crippen MR) is 82.5 cm³/mol. The largest absolute Gasteiger partial charge is 0.478 e. The van der Waals surface area contributed by atoms with Gasteiger partial charge in [-0.3, -0.25) is 4.72 Å². The average Bonchev–Trinajstić information content (AvgIpc) is 2.38. The van der Waals surface area contributed by atoms with Crippen LogP contribution in [0.5, 0.6) is 0 Å². The lowest BCUT2D eigenvalue weighted by Gasteiger charge is -2.33. The Kier molecular flexibility index (Phi) is 4.41. The molecule has 1 heterocycles. The number of nitrogens with one attached hydrogen (secondary N) is 1. The fourth-order valence-electron chi connectivity index (χ4n) is 2.48. The molecule has 116 valence electrons. The molecule has 0 bridgehead atoms. The molecule has 1 fully saturated rings. The quantitative estimate of drug-likeness (QED) is 0.888. The normalized spacial score (nSPS) is 16.8. The van der Waals surface area contributed by atoms with Crippen molar-refractivity contribution in [2.45, 2.75) is 19.8 Å². The first-order valence-electron chi connectivity index (χ1n) is 6.86. The van der Waals surface area contributed by atoms with Gasteiger partial charge in [0.15, 0.2) is 0 Å². The minimum absolute atomic E-state index is 0.0651. The molecule has 2 N–H and O–H groups in total. The van der Waals surface area contributed by atoms with E-state index in [0.717, 1.165) is 37.9 Å². The van der Waals surface area contributed by atoms with Gasteiger partial charge in [-0.05, 0) is 37.0 Å². The highest BCUT2D eigenvalue weighted by atomic mass is 32.2. The number of anilines is 2. The van der Waals surface area contributed by atoms with Crippen molar-refractivity contribution in [3.05, 3.63) is 23.8 Å². The van der Waals surface area contributed by atoms with E-state index in [9.17, 15) is 13.2 Å². The molecular formula is C14H20N2O4S. The molecule has 0 aromatic heterocycles. The van der Waals surface area contributed by atoms with E-state index in [1.807, 2.05) is 0 Å². The number of carbonyl (C=O) groups is 1. The third-order valence-corrected chi connectivity index (χ3v) is 4.25. The van der Waals surface area contributed by atoms with Crippen LogP contribution >= 0.6 is 0 Å². The van der Waals surface area contributed by atoms with Crippen LogP contribution in [0.15, 0.2) is 18.2 Å². The van der Waals surface area contributed by atoms with Crippen LogP contribution < -0.4 is 9.62 Å². The van der Waals surface area contributed by atoms with Gasteiger partial charge in [-0.25, -0.2) is 13.2 Å². The summed E-state index contributed by atoms with van der Waals surface area (Å²) in [5.74, 6) is -0.420. The number of carboxylic acids is 1. The van der Waals surface area contributed by atoms with Crippen molar-refractivity contribution in [1.29, 1.82) is 0 Å². The molecule has 0 saturated carbocycles. The lowest BCUT2D eigenvalue weighted by Crippen LogP contribution is -2.33. The molecule has 6 nitrogen and oxygen atoms in total. The molecule has 0 amide bonds. The number of carboxylic acid groups (broad SMARTS) is 1. The lowest BCUT2D eigenvalue weighted by atomic mass is 9.98. The van der Waals surface area contributed by atoms with Gasteiger partial charge in [-0.1, -0.05) is 6.92 Å². The molecule has 0 radical (unpaired) electrons. The summed E-state index contributed by atoms with van der Waals surface area (Å²) in [6.45, 7) is 3.87. The Balaban J connectivity index is 2.37. The van der Waals surface area contributed by atoms with Crippen LogP contribution in [0.4, 0.5) is 11.4 Å². The third kappa shape index (κ3) is 4.10. The van der Waals surface area contributed by atoms with Crippen LogP contribution in [-0.2, 0) is 10.0 Å². The summed E-state index contributed by atoms with van der Waals surface area (Å²) in [5.41, 5.74) is 1.12. The Morgan fingerprint density at radius 3 is 2.48 bits per heavy atom. The molecule has 1 aromatic rings. The molecule has 1 aliphatic heterocycles. The average molecular weight is 312 g/mol. The van der Waals surface area contributed by atoms with Gasteiger partial charge in [0.05, 0.1) is 23.2 Å². The Hall–Kier alpha value is -1.76. The summed E-state index contributed by atoms with van der Waals surface area (Å²) in [4.78, 5) is 13.2. The molecule has 1 saturated heterocycles.